The van der Waals surface area contributed by atoms with Gasteiger partial charge in [-0.3, -0.25) is 4.79 Å². The quantitative estimate of drug-likeness (QED) is 0.790. The zero-order chi connectivity index (χ0) is 14.5. The molecule has 0 saturated carbocycles. The molecule has 0 radical (unpaired) electrons. The summed E-state index contributed by atoms with van der Waals surface area (Å²) in [5, 5.41) is 0. The summed E-state index contributed by atoms with van der Waals surface area (Å²) in [6.07, 6.45) is 6.50. The number of hydrogen-bond donors (Lipinski definition) is 0. The first-order chi connectivity index (χ1) is 9.71. The van der Waals surface area contributed by atoms with Crippen molar-refractivity contribution in [1.82, 2.24) is 4.90 Å². The minimum Gasteiger partial charge on any atom is -0.496 e. The number of carbonyl (C=O) groups is 1. The van der Waals surface area contributed by atoms with Gasteiger partial charge in [0.05, 0.1) is 12.7 Å². The van der Waals surface area contributed by atoms with Crippen LogP contribution in [0.3, 0.4) is 0 Å². The Balaban J connectivity index is 2.27. The number of likely N-dealkylation sites (tertiary alicyclic amines) is 1. The van der Waals surface area contributed by atoms with Crippen molar-refractivity contribution in [2.45, 2.75) is 43.5 Å². The molecule has 1 fully saturated rings. The smallest absolute Gasteiger partial charge is 0.257 e. The first-order valence-corrected chi connectivity index (χ1v) is 8.46. The number of methoxy groups -OCH3 is 1. The molecule has 1 aromatic carbocycles. The van der Waals surface area contributed by atoms with E-state index in [0.29, 0.717) is 17.4 Å². The lowest BCUT2D eigenvalue weighted by Gasteiger charge is -2.35. The summed E-state index contributed by atoms with van der Waals surface area (Å²) in [4.78, 5) is 15.9. The third-order valence-corrected chi connectivity index (χ3v) is 4.72. The largest absolute Gasteiger partial charge is 0.496 e. The highest BCUT2D eigenvalue weighted by Crippen LogP contribution is 2.29. The highest BCUT2D eigenvalue weighted by molar-refractivity contribution is 7.98. The second-order valence-electron chi connectivity index (χ2n) is 5.12. The number of amides is 1. The van der Waals surface area contributed by atoms with Crippen LogP contribution in [0.1, 0.15) is 43.0 Å². The number of rotatable bonds is 4. The van der Waals surface area contributed by atoms with Crippen LogP contribution in [0.4, 0.5) is 0 Å². The number of thioether (sulfide) groups is 1. The molecule has 1 heterocycles. The average molecular weight is 293 g/mol. The van der Waals surface area contributed by atoms with Crippen LogP contribution < -0.4 is 4.74 Å². The maximum absolute atomic E-state index is 12.8. The fraction of sp³-hybridized carbons (Fsp3) is 0.562. The highest BCUT2D eigenvalue weighted by Gasteiger charge is 2.27. The summed E-state index contributed by atoms with van der Waals surface area (Å²) in [5.74, 6) is 0.795. The fourth-order valence-electron chi connectivity index (χ4n) is 2.82. The molecule has 110 valence electrons. The molecule has 1 aliphatic heterocycles. The van der Waals surface area contributed by atoms with Gasteiger partial charge in [-0.25, -0.2) is 0 Å². The van der Waals surface area contributed by atoms with E-state index in [-0.39, 0.29) is 5.91 Å². The Labute approximate surface area is 125 Å². The Bertz CT molecular complexity index is 476. The van der Waals surface area contributed by atoms with Crippen LogP contribution in [-0.4, -0.2) is 36.8 Å². The third-order valence-electron chi connectivity index (χ3n) is 4.00. The molecule has 1 aliphatic rings. The van der Waals surface area contributed by atoms with Crippen molar-refractivity contribution in [3.05, 3.63) is 23.8 Å². The molecule has 1 amide bonds. The summed E-state index contributed by atoms with van der Waals surface area (Å²) >= 11 is 1.65. The zero-order valence-electron chi connectivity index (χ0n) is 12.5. The van der Waals surface area contributed by atoms with E-state index < -0.39 is 0 Å². The van der Waals surface area contributed by atoms with Gasteiger partial charge >= 0.3 is 0 Å². The molecule has 3 nitrogen and oxygen atoms in total. The summed E-state index contributed by atoms with van der Waals surface area (Å²) < 4.78 is 5.41. The van der Waals surface area contributed by atoms with Gasteiger partial charge in [0, 0.05) is 17.5 Å². The summed E-state index contributed by atoms with van der Waals surface area (Å²) in [6.45, 7) is 3.02. The molecule has 0 N–H and O–H groups in total. The van der Waals surface area contributed by atoms with Crippen LogP contribution >= 0.6 is 11.8 Å². The molecule has 0 spiro atoms. The molecule has 20 heavy (non-hydrogen) atoms. The summed E-state index contributed by atoms with van der Waals surface area (Å²) in [5.41, 5.74) is 0.686. The lowest BCUT2D eigenvalue weighted by molar-refractivity contribution is 0.0604. The van der Waals surface area contributed by atoms with E-state index in [9.17, 15) is 4.79 Å². The van der Waals surface area contributed by atoms with Crippen LogP contribution in [0.25, 0.3) is 0 Å². The van der Waals surface area contributed by atoms with E-state index in [1.165, 1.54) is 6.42 Å². The Morgan fingerprint density at radius 1 is 1.45 bits per heavy atom. The van der Waals surface area contributed by atoms with E-state index >= 15 is 0 Å². The van der Waals surface area contributed by atoms with Gasteiger partial charge in [-0.05, 0) is 50.1 Å². The molecule has 1 atom stereocenters. The monoisotopic (exact) mass is 293 g/mol. The van der Waals surface area contributed by atoms with Gasteiger partial charge in [-0.2, -0.15) is 0 Å². The second kappa shape index (κ2) is 7.02. The van der Waals surface area contributed by atoms with Crippen molar-refractivity contribution in [2.24, 2.45) is 0 Å². The van der Waals surface area contributed by atoms with Gasteiger partial charge < -0.3 is 9.64 Å². The Morgan fingerprint density at radius 3 is 2.90 bits per heavy atom. The molecular weight excluding hydrogens is 270 g/mol. The van der Waals surface area contributed by atoms with Crippen LogP contribution in [0.15, 0.2) is 23.1 Å². The SMILES string of the molecule is CC[C@@H]1CCCCN1C(=O)c1ccc(SC)cc1OC. The molecule has 1 saturated heterocycles. The first kappa shape index (κ1) is 15.2. The number of hydrogen-bond acceptors (Lipinski definition) is 3. The number of nitrogens with zero attached hydrogens (tertiary/aromatic N) is 1. The standard InChI is InChI=1S/C16H23NO2S/c1-4-12-7-5-6-10-17(12)16(18)14-9-8-13(20-3)11-15(14)19-2/h8-9,11-12H,4-7,10H2,1-3H3/t12-/m1/s1. The van der Waals surface area contributed by atoms with Gasteiger partial charge in [0.25, 0.3) is 5.91 Å². The van der Waals surface area contributed by atoms with Crippen molar-refractivity contribution in [2.75, 3.05) is 19.9 Å². The van der Waals surface area contributed by atoms with Crippen LogP contribution in [-0.2, 0) is 0 Å². The van der Waals surface area contributed by atoms with E-state index in [1.807, 2.05) is 29.4 Å². The number of ether oxygens (including phenoxy) is 1. The first-order valence-electron chi connectivity index (χ1n) is 7.24. The van der Waals surface area contributed by atoms with Crippen molar-refractivity contribution in [1.29, 1.82) is 0 Å². The van der Waals surface area contributed by atoms with Gasteiger partial charge in [0.2, 0.25) is 0 Å². The van der Waals surface area contributed by atoms with Gasteiger partial charge in [-0.15, -0.1) is 11.8 Å². The normalized spacial score (nSPS) is 18.9. The van der Waals surface area contributed by atoms with Crippen molar-refractivity contribution >= 4 is 17.7 Å². The lowest BCUT2D eigenvalue weighted by atomic mass is 9.98. The van der Waals surface area contributed by atoms with Gasteiger partial charge in [-0.1, -0.05) is 6.92 Å². The molecule has 0 unspecified atom stereocenters. The Hall–Kier alpha value is -1.16. The predicted octanol–water partition coefficient (Wildman–Crippen LogP) is 3.82. The number of piperidine rings is 1. The second-order valence-corrected chi connectivity index (χ2v) is 6.00. The fourth-order valence-corrected chi connectivity index (χ4v) is 3.25. The number of carbonyl (C=O) groups excluding carboxylic acids is 1. The van der Waals surface area contributed by atoms with Gasteiger partial charge in [0.1, 0.15) is 5.75 Å². The minimum atomic E-state index is 0.112. The molecule has 2 rings (SSSR count). The lowest BCUT2D eigenvalue weighted by Crippen LogP contribution is -2.43. The minimum absolute atomic E-state index is 0.112. The van der Waals surface area contributed by atoms with E-state index in [4.69, 9.17) is 4.74 Å². The van der Waals surface area contributed by atoms with Crippen molar-refractivity contribution in [3.63, 3.8) is 0 Å². The van der Waals surface area contributed by atoms with Crippen molar-refractivity contribution in [3.8, 4) is 5.75 Å². The maximum Gasteiger partial charge on any atom is 0.257 e. The molecule has 0 aliphatic carbocycles. The highest BCUT2D eigenvalue weighted by atomic mass is 32.2. The topological polar surface area (TPSA) is 29.5 Å². The van der Waals surface area contributed by atoms with Crippen molar-refractivity contribution < 1.29 is 9.53 Å². The van der Waals surface area contributed by atoms with Gasteiger partial charge in [0.15, 0.2) is 0 Å². The molecule has 0 aromatic heterocycles. The van der Waals surface area contributed by atoms with E-state index in [2.05, 4.69) is 6.92 Å². The molecule has 1 aromatic rings. The maximum atomic E-state index is 12.8. The predicted molar refractivity (Wildman–Crippen MR) is 83.7 cm³/mol. The van der Waals surface area contributed by atoms with Crippen LogP contribution in [0, 0.1) is 0 Å². The van der Waals surface area contributed by atoms with Crippen LogP contribution in [0.2, 0.25) is 0 Å². The Kier molecular flexibility index (Phi) is 5.35. The average Bonchev–Trinajstić information content (AvgIpc) is 2.53. The molecule has 4 heteroatoms. The molecule has 0 bridgehead atoms. The summed E-state index contributed by atoms with van der Waals surface area (Å²) in [7, 11) is 1.63. The third kappa shape index (κ3) is 3.11. The van der Waals surface area contributed by atoms with E-state index in [0.717, 1.165) is 30.7 Å². The Morgan fingerprint density at radius 2 is 2.25 bits per heavy atom. The van der Waals surface area contributed by atoms with E-state index in [1.54, 1.807) is 18.9 Å². The van der Waals surface area contributed by atoms with Crippen LogP contribution in [0.5, 0.6) is 5.75 Å². The molecular formula is C16H23NO2S. The summed E-state index contributed by atoms with van der Waals surface area (Å²) in [6, 6.07) is 6.21. The number of benzene rings is 1. The zero-order valence-corrected chi connectivity index (χ0v) is 13.3.